The van der Waals surface area contributed by atoms with E-state index in [0.29, 0.717) is 30.9 Å². The molecular weight excluding hydrogens is 268 g/mol. The van der Waals surface area contributed by atoms with Crippen LogP contribution < -0.4 is 4.74 Å². The molecule has 1 aromatic rings. The van der Waals surface area contributed by atoms with Crippen molar-refractivity contribution < 1.29 is 19.7 Å². The van der Waals surface area contributed by atoms with Crippen molar-refractivity contribution in [3.8, 4) is 5.75 Å². The molecule has 1 heterocycles. The van der Waals surface area contributed by atoms with Gasteiger partial charge in [0.2, 0.25) is 0 Å². The second-order valence-electron chi connectivity index (χ2n) is 5.50. The summed E-state index contributed by atoms with van der Waals surface area (Å²) >= 11 is 6.07. The minimum absolute atomic E-state index is 0.295. The number of carboxylic acids is 1. The summed E-state index contributed by atoms with van der Waals surface area (Å²) in [7, 11) is 0. The first kappa shape index (κ1) is 12.8. The zero-order chi connectivity index (χ0) is 13.6. The van der Waals surface area contributed by atoms with Crippen LogP contribution in [0, 0.1) is 5.92 Å². The quantitative estimate of drug-likeness (QED) is 0.890. The van der Waals surface area contributed by atoms with E-state index in [2.05, 4.69) is 0 Å². The lowest BCUT2D eigenvalue weighted by Gasteiger charge is -2.41. The predicted molar refractivity (Wildman–Crippen MR) is 69.7 cm³/mol. The predicted octanol–water partition coefficient (Wildman–Crippen LogP) is 2.04. The molecule has 2 aliphatic rings. The van der Waals surface area contributed by atoms with Gasteiger partial charge in [-0.2, -0.15) is 0 Å². The Morgan fingerprint density at radius 2 is 2.21 bits per heavy atom. The van der Waals surface area contributed by atoms with Gasteiger partial charge < -0.3 is 14.9 Å². The van der Waals surface area contributed by atoms with Gasteiger partial charge >= 0.3 is 5.97 Å². The van der Waals surface area contributed by atoms with Gasteiger partial charge in [-0.15, -0.1) is 0 Å². The van der Waals surface area contributed by atoms with Crippen LogP contribution in [0.3, 0.4) is 0 Å². The summed E-state index contributed by atoms with van der Waals surface area (Å²) in [6.07, 6.45) is 1.83. The number of carboxylic acid groups (broad SMARTS) is 1. The lowest BCUT2D eigenvalue weighted by molar-refractivity contribution is -0.158. The molecule has 0 atom stereocenters. The molecule has 1 fully saturated rings. The molecule has 102 valence electrons. The molecule has 4 nitrogen and oxygen atoms in total. The Hall–Kier alpha value is -1.26. The molecule has 0 radical (unpaired) electrons. The van der Waals surface area contributed by atoms with Gasteiger partial charge in [-0.3, -0.25) is 4.79 Å². The zero-order valence-corrected chi connectivity index (χ0v) is 11.1. The van der Waals surface area contributed by atoms with Crippen molar-refractivity contribution in [1.29, 1.82) is 0 Å². The first-order valence-electron chi connectivity index (χ1n) is 6.36. The summed E-state index contributed by atoms with van der Waals surface area (Å²) < 4.78 is 5.59. The Morgan fingerprint density at radius 1 is 1.47 bits per heavy atom. The highest BCUT2D eigenvalue weighted by molar-refractivity contribution is 6.30. The molecule has 0 unspecified atom stereocenters. The number of carbonyl (C=O) groups is 1. The maximum Gasteiger partial charge on any atom is 0.306 e. The molecule has 1 saturated carbocycles. The van der Waals surface area contributed by atoms with Crippen molar-refractivity contribution in [3.63, 3.8) is 0 Å². The van der Waals surface area contributed by atoms with Crippen LogP contribution in [0.25, 0.3) is 0 Å². The maximum atomic E-state index is 10.8. The maximum absolute atomic E-state index is 10.8. The van der Waals surface area contributed by atoms with E-state index in [4.69, 9.17) is 21.4 Å². The molecule has 3 rings (SSSR count). The van der Waals surface area contributed by atoms with Crippen LogP contribution in [0.2, 0.25) is 5.02 Å². The van der Waals surface area contributed by atoms with E-state index in [1.165, 1.54) is 0 Å². The minimum Gasteiger partial charge on any atom is -0.493 e. The van der Waals surface area contributed by atoms with E-state index < -0.39 is 17.5 Å². The van der Waals surface area contributed by atoms with Crippen LogP contribution in [0.5, 0.6) is 5.75 Å². The minimum atomic E-state index is -0.937. The van der Waals surface area contributed by atoms with E-state index >= 15 is 0 Å². The summed E-state index contributed by atoms with van der Waals surface area (Å²) in [5.74, 6) is -0.452. The monoisotopic (exact) mass is 282 g/mol. The largest absolute Gasteiger partial charge is 0.493 e. The van der Waals surface area contributed by atoms with Gasteiger partial charge in [0.1, 0.15) is 5.75 Å². The Bertz CT molecular complexity index is 534. The third kappa shape index (κ3) is 2.30. The second-order valence-corrected chi connectivity index (χ2v) is 5.93. The van der Waals surface area contributed by atoms with Gasteiger partial charge in [-0.05, 0) is 36.1 Å². The number of halogens is 1. The molecule has 0 aromatic heterocycles. The molecule has 5 heteroatoms. The molecule has 0 spiro atoms. The fraction of sp³-hybridized carbons (Fsp3) is 0.500. The molecule has 0 bridgehead atoms. The summed E-state index contributed by atoms with van der Waals surface area (Å²) in [4.78, 5) is 10.8. The smallest absolute Gasteiger partial charge is 0.306 e. The normalized spacial score (nSPS) is 28.4. The van der Waals surface area contributed by atoms with Crippen molar-refractivity contribution >= 4 is 17.6 Å². The Labute approximate surface area is 116 Å². The standard InChI is InChI=1S/C14H15ClO4/c15-11-3-8-1-2-19-12(8)9(4-11)5-14(18)6-10(7-14)13(16)17/h3-4,10,18H,1-2,5-7H2,(H,16,17). The molecular formula is C14H15ClO4. The lowest BCUT2D eigenvalue weighted by atomic mass is 9.68. The number of hydrogen-bond donors (Lipinski definition) is 2. The van der Waals surface area contributed by atoms with Gasteiger partial charge in [-0.25, -0.2) is 0 Å². The van der Waals surface area contributed by atoms with Crippen LogP contribution in [0.1, 0.15) is 24.0 Å². The van der Waals surface area contributed by atoms with E-state index in [-0.39, 0.29) is 0 Å². The fourth-order valence-corrected chi connectivity index (χ4v) is 3.27. The van der Waals surface area contributed by atoms with Gasteiger partial charge in [0.25, 0.3) is 0 Å². The van der Waals surface area contributed by atoms with Crippen molar-refractivity contribution in [3.05, 3.63) is 28.3 Å². The van der Waals surface area contributed by atoms with Gasteiger partial charge in [0.15, 0.2) is 0 Å². The van der Waals surface area contributed by atoms with Crippen molar-refractivity contribution in [1.82, 2.24) is 0 Å². The average Bonchev–Trinajstić information content (AvgIpc) is 2.73. The third-order valence-corrected chi connectivity index (χ3v) is 4.17. The van der Waals surface area contributed by atoms with Crippen LogP contribution >= 0.6 is 11.6 Å². The SMILES string of the molecule is O=C(O)C1CC(O)(Cc2cc(Cl)cc3c2OCC3)C1. The number of fused-ring (bicyclic) bond motifs is 1. The van der Waals surface area contributed by atoms with Crippen LogP contribution in [-0.4, -0.2) is 28.4 Å². The molecule has 19 heavy (non-hydrogen) atoms. The Kier molecular flexibility index (Phi) is 2.95. The van der Waals surface area contributed by atoms with Crippen molar-refractivity contribution in [2.24, 2.45) is 5.92 Å². The molecule has 2 N–H and O–H groups in total. The van der Waals surface area contributed by atoms with Crippen LogP contribution in [0.4, 0.5) is 0 Å². The van der Waals surface area contributed by atoms with E-state index in [0.717, 1.165) is 23.3 Å². The summed E-state index contributed by atoms with van der Waals surface area (Å²) in [5, 5.41) is 19.9. The highest BCUT2D eigenvalue weighted by Crippen LogP contribution is 2.43. The number of hydrogen-bond acceptors (Lipinski definition) is 3. The first-order valence-corrected chi connectivity index (χ1v) is 6.74. The Morgan fingerprint density at radius 3 is 2.89 bits per heavy atom. The zero-order valence-electron chi connectivity index (χ0n) is 10.4. The second kappa shape index (κ2) is 4.39. The van der Waals surface area contributed by atoms with E-state index in [9.17, 15) is 9.90 Å². The lowest BCUT2D eigenvalue weighted by Crippen LogP contribution is -2.48. The van der Waals surface area contributed by atoms with E-state index in [1.807, 2.05) is 6.07 Å². The van der Waals surface area contributed by atoms with Crippen LogP contribution in [-0.2, 0) is 17.6 Å². The average molecular weight is 283 g/mol. The highest BCUT2D eigenvalue weighted by Gasteiger charge is 2.46. The van der Waals surface area contributed by atoms with E-state index in [1.54, 1.807) is 6.07 Å². The third-order valence-electron chi connectivity index (χ3n) is 3.95. The van der Waals surface area contributed by atoms with Gasteiger partial charge in [0.05, 0.1) is 18.1 Å². The fourth-order valence-electron chi connectivity index (χ4n) is 3.01. The Balaban J connectivity index is 1.80. The summed E-state index contributed by atoms with van der Waals surface area (Å²) in [5.41, 5.74) is 1.01. The molecule has 1 aliphatic carbocycles. The first-order chi connectivity index (χ1) is 8.97. The summed E-state index contributed by atoms with van der Waals surface area (Å²) in [6, 6.07) is 3.69. The van der Waals surface area contributed by atoms with Gasteiger partial charge in [0, 0.05) is 17.9 Å². The van der Waals surface area contributed by atoms with Gasteiger partial charge in [-0.1, -0.05) is 11.6 Å². The molecule has 1 aliphatic heterocycles. The topological polar surface area (TPSA) is 66.8 Å². The number of benzene rings is 1. The molecule has 0 saturated heterocycles. The van der Waals surface area contributed by atoms with Crippen molar-refractivity contribution in [2.75, 3.05) is 6.61 Å². The summed E-state index contributed by atoms with van der Waals surface area (Å²) in [6.45, 7) is 0.638. The number of ether oxygens (including phenoxy) is 1. The number of rotatable bonds is 3. The molecule has 1 aromatic carbocycles. The molecule has 0 amide bonds. The van der Waals surface area contributed by atoms with Crippen molar-refractivity contribution in [2.45, 2.75) is 31.3 Å². The highest BCUT2D eigenvalue weighted by atomic mass is 35.5. The number of aliphatic hydroxyl groups is 1. The number of aliphatic carboxylic acids is 1. The van der Waals surface area contributed by atoms with Crippen LogP contribution in [0.15, 0.2) is 12.1 Å².